The van der Waals surface area contributed by atoms with Crippen LogP contribution in [0, 0.1) is 18.3 Å². The Balaban J connectivity index is 2.45. The van der Waals surface area contributed by atoms with E-state index in [4.69, 9.17) is 0 Å². The van der Waals surface area contributed by atoms with E-state index >= 15 is 0 Å². The maximum Gasteiger partial charge on any atom is 0.00628 e. The summed E-state index contributed by atoms with van der Waals surface area (Å²) in [6.07, 6.45) is 5.20. The molecule has 0 radical (unpaired) electrons. The second-order valence-electron chi connectivity index (χ2n) is 6.60. The monoisotopic (exact) mass is 310 g/mol. The summed E-state index contributed by atoms with van der Waals surface area (Å²) in [5.41, 5.74) is 3.41. The van der Waals surface area contributed by atoms with Gasteiger partial charge in [-0.2, -0.15) is 0 Å². The zero-order valence-electron chi connectivity index (χ0n) is 12.3. The van der Waals surface area contributed by atoms with Crippen molar-refractivity contribution >= 4 is 15.9 Å². The largest absolute Gasteiger partial charge is 0.0925 e. The van der Waals surface area contributed by atoms with E-state index in [1.807, 2.05) is 0 Å². The standard InChI is InChI=1S/C17H27Br/c1-14-8-5-6-10-16(14)12-15(13-18)9-7-11-17(2,3)4/h5-6,8,10,15H,7,9,11-13H2,1-4H3. The number of hydrogen-bond donors (Lipinski definition) is 0. The lowest BCUT2D eigenvalue weighted by molar-refractivity contribution is 0.344. The zero-order valence-corrected chi connectivity index (χ0v) is 13.9. The fraction of sp³-hybridized carbons (Fsp3) is 0.647. The Labute approximate surface area is 121 Å². The highest BCUT2D eigenvalue weighted by molar-refractivity contribution is 9.09. The van der Waals surface area contributed by atoms with E-state index in [2.05, 4.69) is 67.9 Å². The van der Waals surface area contributed by atoms with Crippen LogP contribution in [0.25, 0.3) is 0 Å². The maximum atomic E-state index is 3.68. The highest BCUT2D eigenvalue weighted by Crippen LogP contribution is 2.25. The maximum absolute atomic E-state index is 3.68. The molecule has 0 bridgehead atoms. The molecular formula is C17H27Br. The topological polar surface area (TPSA) is 0 Å². The predicted molar refractivity (Wildman–Crippen MR) is 85.5 cm³/mol. The SMILES string of the molecule is Cc1ccccc1CC(CBr)CCCC(C)(C)C. The first-order chi connectivity index (χ1) is 8.42. The summed E-state index contributed by atoms with van der Waals surface area (Å²) in [5.74, 6) is 0.772. The molecule has 0 nitrogen and oxygen atoms in total. The molecule has 1 heteroatoms. The van der Waals surface area contributed by atoms with Crippen LogP contribution in [0.2, 0.25) is 0 Å². The summed E-state index contributed by atoms with van der Waals surface area (Å²) >= 11 is 3.68. The molecule has 1 aromatic carbocycles. The van der Waals surface area contributed by atoms with Gasteiger partial charge in [-0.1, -0.05) is 67.4 Å². The molecule has 18 heavy (non-hydrogen) atoms. The molecule has 1 unspecified atom stereocenters. The van der Waals surface area contributed by atoms with Crippen LogP contribution in [-0.2, 0) is 6.42 Å². The smallest absolute Gasteiger partial charge is 0.00628 e. The Morgan fingerprint density at radius 1 is 1.17 bits per heavy atom. The minimum absolute atomic E-state index is 0.472. The van der Waals surface area contributed by atoms with Crippen molar-refractivity contribution < 1.29 is 0 Å². The van der Waals surface area contributed by atoms with E-state index in [0.29, 0.717) is 5.41 Å². The first-order valence-corrected chi connectivity index (χ1v) is 8.15. The van der Waals surface area contributed by atoms with E-state index in [-0.39, 0.29) is 0 Å². The Hall–Kier alpha value is -0.300. The van der Waals surface area contributed by atoms with Gasteiger partial charge >= 0.3 is 0 Å². The molecule has 0 spiro atoms. The van der Waals surface area contributed by atoms with E-state index in [9.17, 15) is 0 Å². The van der Waals surface area contributed by atoms with Gasteiger partial charge in [0.2, 0.25) is 0 Å². The van der Waals surface area contributed by atoms with Crippen molar-refractivity contribution in [2.45, 2.75) is 53.4 Å². The highest BCUT2D eigenvalue weighted by Gasteiger charge is 2.13. The summed E-state index contributed by atoms with van der Waals surface area (Å²) in [6.45, 7) is 9.21. The van der Waals surface area contributed by atoms with Crippen LogP contribution in [0.3, 0.4) is 0 Å². The van der Waals surface area contributed by atoms with Gasteiger partial charge in [0.25, 0.3) is 0 Å². The Morgan fingerprint density at radius 3 is 2.39 bits per heavy atom. The number of hydrogen-bond acceptors (Lipinski definition) is 0. The van der Waals surface area contributed by atoms with Gasteiger partial charge in [-0.05, 0) is 48.6 Å². The fourth-order valence-electron chi connectivity index (χ4n) is 2.30. The van der Waals surface area contributed by atoms with Crippen molar-refractivity contribution in [1.82, 2.24) is 0 Å². The van der Waals surface area contributed by atoms with E-state index in [1.165, 1.54) is 36.8 Å². The minimum Gasteiger partial charge on any atom is -0.0925 e. The van der Waals surface area contributed by atoms with Gasteiger partial charge in [0.15, 0.2) is 0 Å². The van der Waals surface area contributed by atoms with Crippen molar-refractivity contribution in [1.29, 1.82) is 0 Å². The van der Waals surface area contributed by atoms with Gasteiger partial charge in [0.05, 0.1) is 0 Å². The second-order valence-corrected chi connectivity index (χ2v) is 7.25. The molecule has 0 saturated heterocycles. The van der Waals surface area contributed by atoms with Gasteiger partial charge in [0, 0.05) is 5.33 Å². The quantitative estimate of drug-likeness (QED) is 0.585. The van der Waals surface area contributed by atoms with Crippen molar-refractivity contribution in [2.75, 3.05) is 5.33 Å². The molecule has 1 rings (SSSR count). The summed E-state index contributed by atoms with van der Waals surface area (Å²) in [4.78, 5) is 0. The molecule has 0 aromatic heterocycles. The number of rotatable bonds is 6. The average Bonchev–Trinajstić information content (AvgIpc) is 2.29. The number of halogens is 1. The molecule has 0 aliphatic carbocycles. The minimum atomic E-state index is 0.472. The number of aryl methyl sites for hydroxylation is 1. The Bertz CT molecular complexity index is 349. The molecule has 0 fully saturated rings. The third kappa shape index (κ3) is 6.04. The molecule has 102 valence electrons. The molecule has 0 N–H and O–H groups in total. The van der Waals surface area contributed by atoms with Gasteiger partial charge in [-0.25, -0.2) is 0 Å². The molecule has 0 heterocycles. The van der Waals surface area contributed by atoms with Crippen LogP contribution in [0.5, 0.6) is 0 Å². The Kier molecular flexibility index (Phi) is 6.42. The highest BCUT2D eigenvalue weighted by atomic mass is 79.9. The Morgan fingerprint density at radius 2 is 1.83 bits per heavy atom. The average molecular weight is 311 g/mol. The van der Waals surface area contributed by atoms with Crippen LogP contribution in [0.15, 0.2) is 24.3 Å². The lowest BCUT2D eigenvalue weighted by atomic mass is 9.86. The lowest BCUT2D eigenvalue weighted by Gasteiger charge is -2.20. The molecule has 1 atom stereocenters. The molecule has 1 aromatic rings. The normalized spacial score (nSPS) is 13.6. The first kappa shape index (κ1) is 15.8. The summed E-state index contributed by atoms with van der Waals surface area (Å²) < 4.78 is 0. The third-order valence-electron chi connectivity index (χ3n) is 3.53. The predicted octanol–water partition coefficient (Wildman–Crippen LogP) is 5.77. The van der Waals surface area contributed by atoms with Crippen LogP contribution in [0.4, 0.5) is 0 Å². The molecule has 0 aliphatic rings. The fourth-order valence-corrected chi connectivity index (χ4v) is 2.86. The summed E-state index contributed by atoms with van der Waals surface area (Å²) in [5, 5.41) is 1.12. The van der Waals surface area contributed by atoms with Crippen molar-refractivity contribution in [3.8, 4) is 0 Å². The van der Waals surface area contributed by atoms with Crippen molar-refractivity contribution in [3.05, 3.63) is 35.4 Å². The third-order valence-corrected chi connectivity index (χ3v) is 4.44. The van der Waals surface area contributed by atoms with Crippen LogP contribution >= 0.6 is 15.9 Å². The van der Waals surface area contributed by atoms with E-state index in [1.54, 1.807) is 0 Å². The second kappa shape index (κ2) is 7.33. The summed E-state index contributed by atoms with van der Waals surface area (Å²) in [6, 6.07) is 8.77. The van der Waals surface area contributed by atoms with Crippen molar-refractivity contribution in [3.63, 3.8) is 0 Å². The van der Waals surface area contributed by atoms with E-state index < -0.39 is 0 Å². The van der Waals surface area contributed by atoms with Gasteiger partial charge in [0.1, 0.15) is 0 Å². The van der Waals surface area contributed by atoms with Crippen LogP contribution < -0.4 is 0 Å². The molecule has 0 amide bonds. The summed E-state index contributed by atoms with van der Waals surface area (Å²) in [7, 11) is 0. The molecule has 0 saturated carbocycles. The van der Waals surface area contributed by atoms with E-state index in [0.717, 1.165) is 11.2 Å². The number of alkyl halides is 1. The van der Waals surface area contributed by atoms with Crippen LogP contribution in [-0.4, -0.2) is 5.33 Å². The van der Waals surface area contributed by atoms with Gasteiger partial charge in [-0.15, -0.1) is 0 Å². The van der Waals surface area contributed by atoms with Crippen molar-refractivity contribution in [2.24, 2.45) is 11.3 Å². The number of benzene rings is 1. The van der Waals surface area contributed by atoms with Crippen LogP contribution in [0.1, 0.15) is 51.2 Å². The lowest BCUT2D eigenvalue weighted by Crippen LogP contribution is -2.10. The molecular weight excluding hydrogens is 284 g/mol. The van der Waals surface area contributed by atoms with Gasteiger partial charge < -0.3 is 0 Å². The first-order valence-electron chi connectivity index (χ1n) is 7.03. The van der Waals surface area contributed by atoms with Gasteiger partial charge in [-0.3, -0.25) is 0 Å². The molecule has 0 aliphatic heterocycles. The zero-order chi connectivity index (χ0) is 13.6.